The third-order valence-corrected chi connectivity index (χ3v) is 4.65. The van der Waals surface area contributed by atoms with Crippen LogP contribution in [-0.2, 0) is 14.8 Å². The molecule has 0 amide bonds. The number of benzene rings is 1. The summed E-state index contributed by atoms with van der Waals surface area (Å²) in [7, 11) is -3.61. The van der Waals surface area contributed by atoms with Gasteiger partial charge in [0.15, 0.2) is 5.84 Å². The molecule has 0 bridgehead atoms. The molecule has 1 fully saturated rings. The largest absolute Gasteiger partial charge is 0.394 e. The molecule has 19 heavy (non-hydrogen) atoms. The van der Waals surface area contributed by atoms with Gasteiger partial charge < -0.3 is 14.7 Å². The summed E-state index contributed by atoms with van der Waals surface area (Å²) in [6, 6.07) is 6.49. The maximum Gasteiger partial charge on any atom is 0.285 e. The van der Waals surface area contributed by atoms with E-state index in [1.807, 2.05) is 4.90 Å². The smallest absolute Gasteiger partial charge is 0.285 e. The molecule has 0 aromatic heterocycles. The third kappa shape index (κ3) is 2.03. The minimum Gasteiger partial charge on any atom is -0.394 e. The first kappa shape index (κ1) is 12.6. The normalized spacial score (nSPS) is 25.0. The van der Waals surface area contributed by atoms with Crippen molar-refractivity contribution in [1.29, 1.82) is 0 Å². The van der Waals surface area contributed by atoms with Gasteiger partial charge in [-0.15, -0.1) is 4.40 Å². The highest BCUT2D eigenvalue weighted by Gasteiger charge is 2.35. The van der Waals surface area contributed by atoms with Gasteiger partial charge in [-0.1, -0.05) is 12.1 Å². The fraction of sp³-hybridized carbons (Fsp3) is 0.417. The third-order valence-electron chi connectivity index (χ3n) is 3.32. The molecule has 0 aliphatic carbocycles. The van der Waals surface area contributed by atoms with Crippen LogP contribution in [0.15, 0.2) is 33.6 Å². The van der Waals surface area contributed by atoms with Crippen LogP contribution < -0.4 is 0 Å². The summed E-state index contributed by atoms with van der Waals surface area (Å²) in [5.74, 6) is 0.415. The lowest BCUT2D eigenvalue weighted by molar-refractivity contribution is 0.00515. The van der Waals surface area contributed by atoms with Gasteiger partial charge in [0.1, 0.15) is 4.90 Å². The maximum absolute atomic E-state index is 12.0. The van der Waals surface area contributed by atoms with Crippen LogP contribution in [0, 0.1) is 0 Å². The van der Waals surface area contributed by atoms with Crippen molar-refractivity contribution in [3.05, 3.63) is 29.8 Å². The summed E-state index contributed by atoms with van der Waals surface area (Å²) in [4.78, 5) is 2.04. The van der Waals surface area contributed by atoms with E-state index in [0.717, 1.165) is 0 Å². The molecule has 0 radical (unpaired) electrons. The number of fused-ring (bicyclic) bond motifs is 1. The van der Waals surface area contributed by atoms with E-state index in [1.165, 1.54) is 0 Å². The zero-order valence-electron chi connectivity index (χ0n) is 10.2. The molecule has 1 atom stereocenters. The molecule has 2 aliphatic rings. The summed E-state index contributed by atoms with van der Waals surface area (Å²) in [5.41, 5.74) is 0.600. The Bertz CT molecular complexity index is 626. The zero-order chi connectivity index (χ0) is 13.5. The van der Waals surface area contributed by atoms with Crippen molar-refractivity contribution in [1.82, 2.24) is 4.90 Å². The average Bonchev–Trinajstić information content (AvgIpc) is 2.71. The lowest BCUT2D eigenvalue weighted by atomic mass is 10.1. The first-order valence-electron chi connectivity index (χ1n) is 6.03. The van der Waals surface area contributed by atoms with Crippen LogP contribution in [-0.4, -0.2) is 56.7 Å². The number of amidine groups is 1. The number of rotatable bonds is 1. The first-order chi connectivity index (χ1) is 9.13. The van der Waals surface area contributed by atoms with Crippen LogP contribution in [0.1, 0.15) is 5.56 Å². The number of aliphatic hydroxyl groups is 1. The zero-order valence-corrected chi connectivity index (χ0v) is 11.0. The molecule has 2 heterocycles. The minimum atomic E-state index is -3.61. The fourth-order valence-electron chi connectivity index (χ4n) is 2.38. The monoisotopic (exact) mass is 282 g/mol. The molecule has 2 aliphatic heterocycles. The van der Waals surface area contributed by atoms with Gasteiger partial charge in [0.25, 0.3) is 10.0 Å². The predicted octanol–water partition coefficient (Wildman–Crippen LogP) is -0.171. The highest BCUT2D eigenvalue weighted by atomic mass is 32.2. The molecule has 1 unspecified atom stereocenters. The summed E-state index contributed by atoms with van der Waals surface area (Å²) in [5, 5.41) is 9.37. The number of sulfonamides is 1. The van der Waals surface area contributed by atoms with Gasteiger partial charge >= 0.3 is 0 Å². The number of hydrogen-bond donors (Lipinski definition) is 1. The Labute approximate surface area is 111 Å². The highest BCUT2D eigenvalue weighted by molar-refractivity contribution is 7.90. The van der Waals surface area contributed by atoms with Crippen molar-refractivity contribution < 1.29 is 18.3 Å². The summed E-state index contributed by atoms with van der Waals surface area (Å²) >= 11 is 0. The number of ether oxygens (including phenoxy) is 1. The van der Waals surface area contributed by atoms with Crippen molar-refractivity contribution in [2.45, 2.75) is 10.9 Å². The van der Waals surface area contributed by atoms with Crippen LogP contribution in [0.4, 0.5) is 0 Å². The second-order valence-corrected chi connectivity index (χ2v) is 6.06. The molecule has 6 nitrogen and oxygen atoms in total. The first-order valence-corrected chi connectivity index (χ1v) is 7.47. The van der Waals surface area contributed by atoms with E-state index in [2.05, 4.69) is 4.40 Å². The van der Waals surface area contributed by atoms with Crippen molar-refractivity contribution in [3.8, 4) is 0 Å². The Morgan fingerprint density at radius 3 is 3.00 bits per heavy atom. The van der Waals surface area contributed by atoms with Gasteiger partial charge in [-0.25, -0.2) is 0 Å². The molecule has 7 heteroatoms. The van der Waals surface area contributed by atoms with Gasteiger partial charge in [0.2, 0.25) is 0 Å². The molecule has 0 saturated carbocycles. The van der Waals surface area contributed by atoms with Crippen molar-refractivity contribution >= 4 is 15.9 Å². The molecule has 0 spiro atoms. The molecular formula is C12H14N2O4S. The Kier molecular flexibility index (Phi) is 3.04. The van der Waals surface area contributed by atoms with E-state index in [1.54, 1.807) is 24.3 Å². The number of nitrogens with zero attached hydrogens (tertiary/aromatic N) is 2. The fourth-order valence-corrected chi connectivity index (χ4v) is 3.60. The lowest BCUT2D eigenvalue weighted by Gasteiger charge is -2.35. The van der Waals surface area contributed by atoms with E-state index in [4.69, 9.17) is 4.74 Å². The van der Waals surface area contributed by atoms with Crippen molar-refractivity contribution in [3.63, 3.8) is 0 Å². The SMILES string of the molecule is O=S1(=O)N=C(N2CCOCC2CO)c2ccccc21. The number of aliphatic hydroxyl groups excluding tert-OH is 1. The second-order valence-electron chi connectivity index (χ2n) is 4.49. The summed E-state index contributed by atoms with van der Waals surface area (Å²) in [6.45, 7) is 1.30. The van der Waals surface area contributed by atoms with Crippen LogP contribution >= 0.6 is 0 Å². The second kappa shape index (κ2) is 4.59. The maximum atomic E-state index is 12.0. The van der Waals surface area contributed by atoms with Gasteiger partial charge in [0.05, 0.1) is 25.9 Å². The van der Waals surface area contributed by atoms with Crippen LogP contribution in [0.2, 0.25) is 0 Å². The summed E-state index contributed by atoms with van der Waals surface area (Å²) < 4.78 is 33.1. The van der Waals surface area contributed by atoms with Gasteiger partial charge in [0, 0.05) is 12.1 Å². The van der Waals surface area contributed by atoms with Gasteiger partial charge in [-0.05, 0) is 12.1 Å². The molecule has 1 N–H and O–H groups in total. The molecule has 1 aromatic carbocycles. The average molecular weight is 282 g/mol. The predicted molar refractivity (Wildman–Crippen MR) is 68.6 cm³/mol. The van der Waals surface area contributed by atoms with E-state index < -0.39 is 10.0 Å². The topological polar surface area (TPSA) is 79.2 Å². The van der Waals surface area contributed by atoms with E-state index in [-0.39, 0.29) is 17.5 Å². The van der Waals surface area contributed by atoms with Crippen LogP contribution in [0.3, 0.4) is 0 Å². The number of morpholine rings is 1. The molecule has 102 valence electrons. The Balaban J connectivity index is 2.06. The highest BCUT2D eigenvalue weighted by Crippen LogP contribution is 2.28. The Morgan fingerprint density at radius 2 is 2.21 bits per heavy atom. The van der Waals surface area contributed by atoms with E-state index >= 15 is 0 Å². The van der Waals surface area contributed by atoms with E-state index in [0.29, 0.717) is 31.2 Å². The Hall–Kier alpha value is -1.44. The molecular weight excluding hydrogens is 268 g/mol. The molecule has 3 rings (SSSR count). The van der Waals surface area contributed by atoms with Gasteiger partial charge in [-0.3, -0.25) is 0 Å². The quantitative estimate of drug-likeness (QED) is 0.773. The standard InChI is InChI=1S/C12H14N2O4S/c15-7-9-8-18-6-5-14(9)12-10-3-1-2-4-11(10)19(16,17)13-12/h1-4,9,15H,5-8H2. The van der Waals surface area contributed by atoms with Crippen molar-refractivity contribution in [2.75, 3.05) is 26.4 Å². The Morgan fingerprint density at radius 1 is 1.42 bits per heavy atom. The van der Waals surface area contributed by atoms with Crippen LogP contribution in [0.5, 0.6) is 0 Å². The van der Waals surface area contributed by atoms with E-state index in [9.17, 15) is 13.5 Å². The number of hydrogen-bond acceptors (Lipinski definition) is 5. The summed E-state index contributed by atoms with van der Waals surface area (Å²) in [6.07, 6.45) is 0. The van der Waals surface area contributed by atoms with Gasteiger partial charge in [-0.2, -0.15) is 8.42 Å². The minimum absolute atomic E-state index is 0.0960. The molecule has 1 aromatic rings. The molecule has 1 saturated heterocycles. The van der Waals surface area contributed by atoms with Crippen molar-refractivity contribution in [2.24, 2.45) is 4.40 Å². The van der Waals surface area contributed by atoms with Crippen LogP contribution in [0.25, 0.3) is 0 Å². The lowest BCUT2D eigenvalue weighted by Crippen LogP contribution is -2.50.